The van der Waals surface area contributed by atoms with Gasteiger partial charge in [-0.15, -0.1) is 5.10 Å². The highest BCUT2D eigenvalue weighted by molar-refractivity contribution is 5.86. The minimum absolute atomic E-state index is 0.00763. The van der Waals surface area contributed by atoms with Gasteiger partial charge in [0.1, 0.15) is 0 Å². The predicted octanol–water partition coefficient (Wildman–Crippen LogP) is 1.32. The number of carboxylic acids is 1. The van der Waals surface area contributed by atoms with Gasteiger partial charge in [-0.1, -0.05) is 18.2 Å². The summed E-state index contributed by atoms with van der Waals surface area (Å²) in [4.78, 5) is 11.0. The van der Waals surface area contributed by atoms with Gasteiger partial charge in [0.2, 0.25) is 6.79 Å². The molecule has 1 aliphatic rings. The molecule has 1 aromatic heterocycles. The van der Waals surface area contributed by atoms with E-state index in [2.05, 4.69) is 10.3 Å². The highest BCUT2D eigenvalue weighted by atomic mass is 16.7. The standard InChI is InChI=1S/C13H13N3O4/c1-2-9-12(13(17)18)14-15-16(9)6-8-3-4-10-11(5-8)20-7-19-10/h3-5H,2,6-7H2,1H3,(H,17,18). The molecule has 7 heteroatoms. The Balaban J connectivity index is 1.89. The second kappa shape index (κ2) is 4.84. The van der Waals surface area contributed by atoms with Crippen LogP contribution in [-0.2, 0) is 13.0 Å². The number of aromatic nitrogens is 3. The fraction of sp³-hybridized carbons (Fsp3) is 0.308. The Morgan fingerprint density at radius 1 is 1.40 bits per heavy atom. The lowest BCUT2D eigenvalue weighted by Crippen LogP contribution is -2.08. The van der Waals surface area contributed by atoms with Crippen LogP contribution in [0.5, 0.6) is 11.5 Å². The molecule has 20 heavy (non-hydrogen) atoms. The molecule has 0 bridgehead atoms. The lowest BCUT2D eigenvalue weighted by Gasteiger charge is -2.06. The number of hydrogen-bond acceptors (Lipinski definition) is 5. The van der Waals surface area contributed by atoms with E-state index >= 15 is 0 Å². The second-order valence-electron chi connectivity index (χ2n) is 4.39. The SMILES string of the molecule is CCc1c(C(=O)O)nnn1Cc1ccc2c(c1)OCO2. The van der Waals surface area contributed by atoms with E-state index in [0.717, 1.165) is 5.56 Å². The molecule has 0 amide bonds. The van der Waals surface area contributed by atoms with E-state index < -0.39 is 5.97 Å². The number of ether oxygens (including phenoxy) is 2. The molecule has 0 saturated carbocycles. The van der Waals surface area contributed by atoms with Crippen molar-refractivity contribution in [1.82, 2.24) is 15.0 Å². The Labute approximate surface area is 114 Å². The smallest absolute Gasteiger partial charge is 0.358 e. The summed E-state index contributed by atoms with van der Waals surface area (Å²) in [6.07, 6.45) is 0.555. The van der Waals surface area contributed by atoms with Crippen molar-refractivity contribution in [3.8, 4) is 11.5 Å². The normalized spacial score (nSPS) is 12.7. The van der Waals surface area contributed by atoms with Gasteiger partial charge in [0.25, 0.3) is 0 Å². The van der Waals surface area contributed by atoms with Crippen molar-refractivity contribution < 1.29 is 19.4 Å². The van der Waals surface area contributed by atoms with E-state index in [9.17, 15) is 4.79 Å². The van der Waals surface area contributed by atoms with Gasteiger partial charge in [-0.05, 0) is 24.1 Å². The molecule has 104 valence electrons. The van der Waals surface area contributed by atoms with Gasteiger partial charge in [-0.3, -0.25) is 0 Å². The third-order valence-corrected chi connectivity index (χ3v) is 3.14. The summed E-state index contributed by atoms with van der Waals surface area (Å²) in [5.74, 6) is 0.354. The van der Waals surface area contributed by atoms with E-state index in [0.29, 0.717) is 30.2 Å². The summed E-state index contributed by atoms with van der Waals surface area (Å²) in [5.41, 5.74) is 1.56. The summed E-state index contributed by atoms with van der Waals surface area (Å²) < 4.78 is 12.2. The van der Waals surface area contributed by atoms with Crippen LogP contribution in [0.15, 0.2) is 18.2 Å². The van der Waals surface area contributed by atoms with E-state index in [4.69, 9.17) is 14.6 Å². The van der Waals surface area contributed by atoms with Crippen molar-refractivity contribution >= 4 is 5.97 Å². The first-order valence-corrected chi connectivity index (χ1v) is 6.23. The molecule has 1 aromatic carbocycles. The first-order chi connectivity index (χ1) is 9.69. The van der Waals surface area contributed by atoms with Crippen molar-refractivity contribution in [1.29, 1.82) is 0 Å². The fourth-order valence-electron chi connectivity index (χ4n) is 2.19. The molecule has 1 N–H and O–H groups in total. The van der Waals surface area contributed by atoms with Crippen LogP contribution in [0.2, 0.25) is 0 Å². The summed E-state index contributed by atoms with van der Waals surface area (Å²) in [7, 11) is 0. The maximum absolute atomic E-state index is 11.0. The Morgan fingerprint density at radius 2 is 2.20 bits per heavy atom. The highest BCUT2D eigenvalue weighted by Crippen LogP contribution is 2.32. The zero-order valence-electron chi connectivity index (χ0n) is 10.9. The predicted molar refractivity (Wildman–Crippen MR) is 68.0 cm³/mol. The molecule has 0 atom stereocenters. The number of carbonyl (C=O) groups is 1. The van der Waals surface area contributed by atoms with Crippen LogP contribution in [0, 0.1) is 0 Å². The Morgan fingerprint density at radius 3 is 2.95 bits per heavy atom. The number of nitrogens with zero attached hydrogens (tertiary/aromatic N) is 3. The molecule has 0 aliphatic carbocycles. The maximum Gasteiger partial charge on any atom is 0.358 e. The van der Waals surface area contributed by atoms with Crippen molar-refractivity contribution in [2.75, 3.05) is 6.79 Å². The molecule has 0 unspecified atom stereocenters. The Bertz CT molecular complexity index is 666. The van der Waals surface area contributed by atoms with E-state index in [1.165, 1.54) is 0 Å². The number of aromatic carboxylic acids is 1. The maximum atomic E-state index is 11.0. The summed E-state index contributed by atoms with van der Waals surface area (Å²) in [6, 6.07) is 5.59. The molecule has 0 spiro atoms. The average Bonchev–Trinajstić information content (AvgIpc) is 3.04. The Kier molecular flexibility index (Phi) is 3.02. The van der Waals surface area contributed by atoms with Gasteiger partial charge in [0, 0.05) is 0 Å². The third-order valence-electron chi connectivity index (χ3n) is 3.14. The van der Waals surface area contributed by atoms with Crippen LogP contribution in [0.1, 0.15) is 28.7 Å². The number of rotatable bonds is 4. The first kappa shape index (κ1) is 12.5. The molecule has 7 nitrogen and oxygen atoms in total. The molecule has 2 aromatic rings. The Hall–Kier alpha value is -2.57. The quantitative estimate of drug-likeness (QED) is 0.905. The zero-order valence-corrected chi connectivity index (χ0v) is 10.9. The molecule has 0 saturated heterocycles. The van der Waals surface area contributed by atoms with Crippen molar-refractivity contribution in [3.63, 3.8) is 0 Å². The van der Waals surface area contributed by atoms with Gasteiger partial charge < -0.3 is 14.6 Å². The van der Waals surface area contributed by atoms with Crippen LogP contribution < -0.4 is 9.47 Å². The van der Waals surface area contributed by atoms with Crippen molar-refractivity contribution in [2.45, 2.75) is 19.9 Å². The molecule has 0 fully saturated rings. The lowest BCUT2D eigenvalue weighted by molar-refractivity contribution is 0.0689. The molecule has 3 rings (SSSR count). The van der Waals surface area contributed by atoms with Crippen LogP contribution in [0.4, 0.5) is 0 Å². The third kappa shape index (κ3) is 2.07. The van der Waals surface area contributed by atoms with Gasteiger partial charge in [-0.2, -0.15) is 0 Å². The summed E-state index contributed by atoms with van der Waals surface area (Å²) >= 11 is 0. The fourth-order valence-corrected chi connectivity index (χ4v) is 2.19. The lowest BCUT2D eigenvalue weighted by atomic mass is 10.2. The van der Waals surface area contributed by atoms with Crippen LogP contribution >= 0.6 is 0 Å². The summed E-state index contributed by atoms with van der Waals surface area (Å²) in [5, 5.41) is 16.7. The van der Waals surface area contributed by atoms with Gasteiger partial charge in [0.05, 0.1) is 12.2 Å². The summed E-state index contributed by atoms with van der Waals surface area (Å²) in [6.45, 7) is 2.55. The van der Waals surface area contributed by atoms with Gasteiger partial charge in [0.15, 0.2) is 17.2 Å². The number of benzene rings is 1. The minimum atomic E-state index is -1.06. The number of carboxylic acid groups (broad SMARTS) is 1. The number of hydrogen-bond donors (Lipinski definition) is 1. The molecular weight excluding hydrogens is 262 g/mol. The van der Waals surface area contributed by atoms with E-state index in [1.807, 2.05) is 25.1 Å². The number of fused-ring (bicyclic) bond motifs is 1. The van der Waals surface area contributed by atoms with Crippen molar-refractivity contribution in [2.24, 2.45) is 0 Å². The van der Waals surface area contributed by atoms with E-state index in [-0.39, 0.29) is 12.5 Å². The van der Waals surface area contributed by atoms with Gasteiger partial charge >= 0.3 is 5.97 Å². The van der Waals surface area contributed by atoms with Crippen LogP contribution in [-0.4, -0.2) is 32.9 Å². The minimum Gasteiger partial charge on any atom is -0.476 e. The molecule has 1 aliphatic heterocycles. The van der Waals surface area contributed by atoms with Crippen LogP contribution in [0.25, 0.3) is 0 Å². The van der Waals surface area contributed by atoms with Crippen LogP contribution in [0.3, 0.4) is 0 Å². The molecule has 2 heterocycles. The first-order valence-electron chi connectivity index (χ1n) is 6.23. The molecule has 0 radical (unpaired) electrons. The largest absolute Gasteiger partial charge is 0.476 e. The average molecular weight is 275 g/mol. The van der Waals surface area contributed by atoms with Crippen molar-refractivity contribution in [3.05, 3.63) is 35.2 Å². The zero-order chi connectivity index (χ0) is 14.1. The van der Waals surface area contributed by atoms with E-state index in [1.54, 1.807) is 4.68 Å². The monoisotopic (exact) mass is 275 g/mol. The highest BCUT2D eigenvalue weighted by Gasteiger charge is 2.18. The molecular formula is C13H13N3O4. The van der Waals surface area contributed by atoms with Gasteiger partial charge in [-0.25, -0.2) is 9.48 Å². The second-order valence-corrected chi connectivity index (χ2v) is 4.39. The topological polar surface area (TPSA) is 86.5 Å².